The minimum absolute atomic E-state index is 0.187. The highest BCUT2D eigenvalue weighted by Gasteiger charge is 2.16. The van der Waals surface area contributed by atoms with E-state index in [0.29, 0.717) is 11.4 Å². The summed E-state index contributed by atoms with van der Waals surface area (Å²) in [5.41, 5.74) is 7.16. The minimum atomic E-state index is -4.40. The summed E-state index contributed by atoms with van der Waals surface area (Å²) >= 11 is 0. The molecular formula is C14H15N3O4S. The molecule has 8 heteroatoms. The van der Waals surface area contributed by atoms with E-state index < -0.39 is 10.1 Å². The van der Waals surface area contributed by atoms with Gasteiger partial charge in [-0.25, -0.2) is 0 Å². The summed E-state index contributed by atoms with van der Waals surface area (Å²) in [6.45, 7) is 1.40. The molecular weight excluding hydrogens is 306 g/mol. The van der Waals surface area contributed by atoms with Crippen LogP contribution in [0.15, 0.2) is 47.4 Å². The smallest absolute Gasteiger partial charge is 0.296 e. The summed E-state index contributed by atoms with van der Waals surface area (Å²) < 4.78 is 32.0. The third-order valence-corrected chi connectivity index (χ3v) is 3.66. The summed E-state index contributed by atoms with van der Waals surface area (Å²) in [4.78, 5) is 10.6. The van der Waals surface area contributed by atoms with E-state index in [2.05, 4.69) is 10.6 Å². The molecule has 7 nitrogen and oxygen atoms in total. The van der Waals surface area contributed by atoms with Gasteiger partial charge in [-0.15, -0.1) is 0 Å². The molecule has 2 aromatic carbocycles. The first kappa shape index (κ1) is 15.8. The van der Waals surface area contributed by atoms with Gasteiger partial charge in [-0.05, 0) is 42.5 Å². The van der Waals surface area contributed by atoms with Gasteiger partial charge in [0.1, 0.15) is 4.90 Å². The fourth-order valence-electron chi connectivity index (χ4n) is 1.85. The minimum Gasteiger partial charge on any atom is -0.399 e. The van der Waals surface area contributed by atoms with Gasteiger partial charge >= 0.3 is 0 Å². The number of anilines is 4. The molecule has 0 bridgehead atoms. The SMILES string of the molecule is CC(=O)Nc1ccc(Nc2ccc(N)cc2S(=O)(=O)O)cc1. The van der Waals surface area contributed by atoms with Gasteiger partial charge in [-0.3, -0.25) is 9.35 Å². The molecule has 22 heavy (non-hydrogen) atoms. The average molecular weight is 321 g/mol. The van der Waals surface area contributed by atoms with Crippen molar-refractivity contribution >= 4 is 38.8 Å². The summed E-state index contributed by atoms with van der Waals surface area (Å²) in [6, 6.07) is 10.8. The fraction of sp³-hybridized carbons (Fsp3) is 0.0714. The van der Waals surface area contributed by atoms with Gasteiger partial charge < -0.3 is 16.4 Å². The van der Waals surface area contributed by atoms with Gasteiger partial charge in [0.2, 0.25) is 5.91 Å². The molecule has 0 saturated heterocycles. The van der Waals surface area contributed by atoms with Crippen LogP contribution in [0, 0.1) is 0 Å². The van der Waals surface area contributed by atoms with Gasteiger partial charge in [0.25, 0.3) is 10.1 Å². The van der Waals surface area contributed by atoms with Crippen LogP contribution in [-0.2, 0) is 14.9 Å². The Morgan fingerprint density at radius 2 is 1.68 bits per heavy atom. The van der Waals surface area contributed by atoms with Crippen LogP contribution in [0.5, 0.6) is 0 Å². The lowest BCUT2D eigenvalue weighted by Crippen LogP contribution is -2.06. The van der Waals surface area contributed by atoms with E-state index in [1.807, 2.05) is 0 Å². The first-order valence-corrected chi connectivity index (χ1v) is 7.71. The molecule has 0 unspecified atom stereocenters. The lowest BCUT2D eigenvalue weighted by Gasteiger charge is -2.11. The molecule has 0 spiro atoms. The number of nitrogens with two attached hydrogens (primary N) is 1. The molecule has 0 aliphatic rings. The zero-order valence-corrected chi connectivity index (χ0v) is 12.5. The second-order valence-electron chi connectivity index (χ2n) is 4.61. The molecule has 0 heterocycles. The van der Waals surface area contributed by atoms with Crippen LogP contribution in [0.25, 0.3) is 0 Å². The van der Waals surface area contributed by atoms with E-state index in [0.717, 1.165) is 0 Å². The zero-order chi connectivity index (χ0) is 16.3. The quantitative estimate of drug-likeness (QED) is 0.506. The molecule has 5 N–H and O–H groups in total. The van der Waals surface area contributed by atoms with Crippen LogP contribution in [0.3, 0.4) is 0 Å². The van der Waals surface area contributed by atoms with E-state index in [4.69, 9.17) is 5.73 Å². The Bertz CT molecular complexity index is 801. The van der Waals surface area contributed by atoms with Gasteiger partial charge in [-0.1, -0.05) is 0 Å². The highest BCUT2D eigenvalue weighted by molar-refractivity contribution is 7.86. The van der Waals surface area contributed by atoms with Crippen LogP contribution >= 0.6 is 0 Å². The molecule has 1 amide bonds. The maximum atomic E-state index is 11.4. The number of nitrogen functional groups attached to an aromatic ring is 1. The third-order valence-electron chi connectivity index (χ3n) is 2.77. The Morgan fingerprint density at radius 3 is 2.23 bits per heavy atom. The molecule has 0 fully saturated rings. The molecule has 2 aromatic rings. The number of amides is 1. The first-order chi connectivity index (χ1) is 10.3. The largest absolute Gasteiger partial charge is 0.399 e. The van der Waals surface area contributed by atoms with Crippen molar-refractivity contribution in [1.29, 1.82) is 0 Å². The maximum Gasteiger partial charge on any atom is 0.296 e. The lowest BCUT2D eigenvalue weighted by atomic mass is 10.2. The van der Waals surface area contributed by atoms with Crippen molar-refractivity contribution in [2.24, 2.45) is 0 Å². The van der Waals surface area contributed by atoms with Crippen molar-refractivity contribution in [3.63, 3.8) is 0 Å². The highest BCUT2D eigenvalue weighted by atomic mass is 32.2. The Labute approximate surface area is 127 Å². The summed E-state index contributed by atoms with van der Waals surface area (Å²) in [5.74, 6) is -0.187. The van der Waals surface area contributed by atoms with Gasteiger partial charge in [-0.2, -0.15) is 8.42 Å². The molecule has 2 rings (SSSR count). The number of hydrogen-bond donors (Lipinski definition) is 4. The first-order valence-electron chi connectivity index (χ1n) is 6.27. The Morgan fingerprint density at radius 1 is 1.09 bits per heavy atom. The molecule has 116 valence electrons. The number of carbonyl (C=O) groups excluding carboxylic acids is 1. The van der Waals surface area contributed by atoms with Crippen LogP contribution in [0.1, 0.15) is 6.92 Å². The molecule has 0 aliphatic carbocycles. The van der Waals surface area contributed by atoms with Crippen molar-refractivity contribution in [2.45, 2.75) is 11.8 Å². The predicted octanol–water partition coefficient (Wildman–Crippen LogP) is 2.22. The Hall–Kier alpha value is -2.58. The lowest BCUT2D eigenvalue weighted by molar-refractivity contribution is -0.114. The van der Waals surface area contributed by atoms with Crippen LogP contribution in [-0.4, -0.2) is 18.9 Å². The summed E-state index contributed by atoms with van der Waals surface area (Å²) in [7, 11) is -4.40. The standard InChI is InChI=1S/C14H15N3O4S/c1-9(18)16-11-3-5-12(6-4-11)17-13-7-2-10(15)8-14(13)22(19,20)21/h2-8,17H,15H2,1H3,(H,16,18)(H,19,20,21). The molecule has 0 saturated carbocycles. The number of carbonyl (C=O) groups is 1. The van der Waals surface area contributed by atoms with Crippen LogP contribution in [0.4, 0.5) is 22.7 Å². The molecule has 0 radical (unpaired) electrons. The monoisotopic (exact) mass is 321 g/mol. The highest BCUT2D eigenvalue weighted by Crippen LogP contribution is 2.27. The predicted molar refractivity (Wildman–Crippen MR) is 84.7 cm³/mol. The molecule has 0 aliphatic heterocycles. The van der Waals surface area contributed by atoms with Crippen LogP contribution in [0.2, 0.25) is 0 Å². The third kappa shape index (κ3) is 3.96. The van der Waals surface area contributed by atoms with E-state index >= 15 is 0 Å². The van der Waals surface area contributed by atoms with E-state index in [9.17, 15) is 17.8 Å². The second kappa shape index (κ2) is 6.04. The van der Waals surface area contributed by atoms with Gasteiger partial charge in [0, 0.05) is 24.0 Å². The normalized spacial score (nSPS) is 11.0. The van der Waals surface area contributed by atoms with Crippen molar-refractivity contribution in [2.75, 3.05) is 16.4 Å². The number of benzene rings is 2. The summed E-state index contributed by atoms with van der Waals surface area (Å²) in [5, 5.41) is 5.50. The van der Waals surface area contributed by atoms with E-state index in [1.165, 1.54) is 25.1 Å². The van der Waals surface area contributed by atoms with Crippen LogP contribution < -0.4 is 16.4 Å². The molecule has 0 atom stereocenters. The van der Waals surface area contributed by atoms with E-state index in [-0.39, 0.29) is 22.2 Å². The van der Waals surface area contributed by atoms with Gasteiger partial charge in [0.15, 0.2) is 0 Å². The second-order valence-corrected chi connectivity index (χ2v) is 6.00. The fourth-order valence-corrected chi connectivity index (χ4v) is 2.53. The summed E-state index contributed by atoms with van der Waals surface area (Å²) in [6.07, 6.45) is 0. The van der Waals surface area contributed by atoms with Crippen molar-refractivity contribution < 1.29 is 17.8 Å². The topological polar surface area (TPSA) is 122 Å². The van der Waals surface area contributed by atoms with Crippen molar-refractivity contribution in [3.8, 4) is 0 Å². The van der Waals surface area contributed by atoms with Crippen molar-refractivity contribution in [3.05, 3.63) is 42.5 Å². The average Bonchev–Trinajstić information content (AvgIpc) is 2.41. The number of hydrogen-bond acceptors (Lipinski definition) is 5. The maximum absolute atomic E-state index is 11.4. The number of nitrogens with one attached hydrogen (secondary N) is 2. The Balaban J connectivity index is 2.29. The van der Waals surface area contributed by atoms with E-state index in [1.54, 1.807) is 24.3 Å². The van der Waals surface area contributed by atoms with Gasteiger partial charge in [0.05, 0.1) is 5.69 Å². The Kier molecular flexibility index (Phi) is 4.34. The zero-order valence-electron chi connectivity index (χ0n) is 11.7. The number of rotatable bonds is 4. The molecule has 0 aromatic heterocycles. The van der Waals surface area contributed by atoms with Crippen molar-refractivity contribution in [1.82, 2.24) is 0 Å².